The number of carbonyl (C=O) groups is 1. The van der Waals surface area contributed by atoms with Gasteiger partial charge in [0.1, 0.15) is 5.75 Å². The maximum atomic E-state index is 11.9. The van der Waals surface area contributed by atoms with Crippen LogP contribution in [-0.4, -0.2) is 55.0 Å². The van der Waals surface area contributed by atoms with E-state index in [-0.39, 0.29) is 17.6 Å². The van der Waals surface area contributed by atoms with E-state index in [4.69, 9.17) is 15.2 Å². The van der Waals surface area contributed by atoms with Gasteiger partial charge in [-0.25, -0.2) is 0 Å². The minimum absolute atomic E-state index is 0.0242. The van der Waals surface area contributed by atoms with E-state index in [2.05, 4.69) is 22.7 Å². The van der Waals surface area contributed by atoms with Crippen molar-refractivity contribution in [3.63, 3.8) is 0 Å². The SMILES string of the molecule is NC(=S)N/N=C\c1ccc(OCC(=O)N2CCOCC2)cc1. The zero-order valence-corrected chi connectivity index (χ0v) is 12.8. The molecule has 0 atom stereocenters. The zero-order chi connectivity index (χ0) is 15.8. The summed E-state index contributed by atoms with van der Waals surface area (Å²) in [5.41, 5.74) is 8.58. The van der Waals surface area contributed by atoms with Crippen molar-refractivity contribution in [2.45, 2.75) is 0 Å². The Morgan fingerprint density at radius 1 is 1.41 bits per heavy atom. The Labute approximate surface area is 134 Å². The van der Waals surface area contributed by atoms with Gasteiger partial charge in [-0.2, -0.15) is 5.10 Å². The van der Waals surface area contributed by atoms with Crippen LogP contribution in [0.2, 0.25) is 0 Å². The van der Waals surface area contributed by atoms with Crippen LogP contribution in [0.5, 0.6) is 5.75 Å². The summed E-state index contributed by atoms with van der Waals surface area (Å²) in [7, 11) is 0. The van der Waals surface area contributed by atoms with Crippen LogP contribution in [0.4, 0.5) is 0 Å². The molecule has 1 heterocycles. The lowest BCUT2D eigenvalue weighted by molar-refractivity contribution is -0.137. The molecule has 1 aromatic carbocycles. The minimum atomic E-state index is -0.0328. The molecule has 0 aromatic heterocycles. The fourth-order valence-corrected chi connectivity index (χ4v) is 1.92. The average molecular weight is 322 g/mol. The molecule has 1 saturated heterocycles. The Morgan fingerprint density at radius 2 is 2.09 bits per heavy atom. The van der Waals surface area contributed by atoms with Crippen LogP contribution < -0.4 is 15.9 Å². The minimum Gasteiger partial charge on any atom is -0.484 e. The average Bonchev–Trinajstić information content (AvgIpc) is 2.54. The van der Waals surface area contributed by atoms with Crippen LogP contribution in [0.1, 0.15) is 5.56 Å². The number of hydrazone groups is 1. The zero-order valence-electron chi connectivity index (χ0n) is 12.0. The second-order valence-electron chi connectivity index (χ2n) is 4.59. The molecule has 3 N–H and O–H groups in total. The van der Waals surface area contributed by atoms with Gasteiger partial charge in [0.05, 0.1) is 19.4 Å². The van der Waals surface area contributed by atoms with Crippen LogP contribution >= 0.6 is 12.2 Å². The quantitative estimate of drug-likeness (QED) is 0.454. The molecule has 1 aliphatic heterocycles. The van der Waals surface area contributed by atoms with E-state index in [1.54, 1.807) is 23.2 Å². The number of hydrogen-bond donors (Lipinski definition) is 2. The molecular formula is C14H18N4O3S. The van der Waals surface area contributed by atoms with Crippen molar-refractivity contribution in [1.82, 2.24) is 10.3 Å². The predicted molar refractivity (Wildman–Crippen MR) is 86.9 cm³/mol. The molecule has 0 unspecified atom stereocenters. The van der Waals surface area contributed by atoms with Gasteiger partial charge in [0.15, 0.2) is 11.7 Å². The van der Waals surface area contributed by atoms with Gasteiger partial charge >= 0.3 is 0 Å². The maximum absolute atomic E-state index is 11.9. The molecule has 22 heavy (non-hydrogen) atoms. The van der Waals surface area contributed by atoms with Crippen molar-refractivity contribution in [2.75, 3.05) is 32.9 Å². The number of carbonyl (C=O) groups excluding carboxylic acids is 1. The van der Waals surface area contributed by atoms with Crippen molar-refractivity contribution >= 4 is 29.5 Å². The summed E-state index contributed by atoms with van der Waals surface area (Å²) in [6, 6.07) is 7.18. The van der Waals surface area contributed by atoms with E-state index < -0.39 is 0 Å². The topological polar surface area (TPSA) is 89.2 Å². The summed E-state index contributed by atoms with van der Waals surface area (Å²) in [4.78, 5) is 13.7. The smallest absolute Gasteiger partial charge is 0.260 e. The maximum Gasteiger partial charge on any atom is 0.260 e. The largest absolute Gasteiger partial charge is 0.484 e. The lowest BCUT2D eigenvalue weighted by atomic mass is 10.2. The summed E-state index contributed by atoms with van der Waals surface area (Å²) < 4.78 is 10.7. The van der Waals surface area contributed by atoms with Crippen molar-refractivity contribution < 1.29 is 14.3 Å². The highest BCUT2D eigenvalue weighted by Crippen LogP contribution is 2.11. The molecule has 8 heteroatoms. The molecule has 0 bridgehead atoms. The molecule has 0 aliphatic carbocycles. The number of rotatable bonds is 5. The van der Waals surface area contributed by atoms with Gasteiger partial charge in [0, 0.05) is 13.1 Å². The fourth-order valence-electron chi connectivity index (χ4n) is 1.87. The summed E-state index contributed by atoms with van der Waals surface area (Å²) in [5, 5.41) is 3.96. The highest BCUT2D eigenvalue weighted by molar-refractivity contribution is 7.80. The highest BCUT2D eigenvalue weighted by Gasteiger charge is 2.16. The number of nitrogens with zero attached hydrogens (tertiary/aromatic N) is 2. The Kier molecular flexibility index (Phi) is 6.11. The molecular weight excluding hydrogens is 304 g/mol. The molecule has 0 radical (unpaired) electrons. The van der Waals surface area contributed by atoms with Gasteiger partial charge in [-0.3, -0.25) is 10.2 Å². The predicted octanol–water partition coefficient (Wildman–Crippen LogP) is 0.0913. The van der Waals surface area contributed by atoms with Crippen LogP contribution in [0.3, 0.4) is 0 Å². The number of thiocarbonyl (C=S) groups is 1. The first-order chi connectivity index (χ1) is 10.6. The molecule has 0 saturated carbocycles. The fraction of sp³-hybridized carbons (Fsp3) is 0.357. The molecule has 2 rings (SSSR count). The Bertz CT molecular complexity index is 542. The van der Waals surface area contributed by atoms with Gasteiger partial charge < -0.3 is 20.1 Å². The summed E-state index contributed by atoms with van der Waals surface area (Å²) in [6.45, 7) is 2.43. The Morgan fingerprint density at radius 3 is 2.73 bits per heavy atom. The molecule has 1 aliphatic rings. The number of amides is 1. The van der Waals surface area contributed by atoms with E-state index in [0.29, 0.717) is 32.1 Å². The van der Waals surface area contributed by atoms with Crippen molar-refractivity contribution in [3.05, 3.63) is 29.8 Å². The number of benzene rings is 1. The lowest BCUT2D eigenvalue weighted by Gasteiger charge is -2.26. The number of ether oxygens (including phenoxy) is 2. The van der Waals surface area contributed by atoms with Crippen molar-refractivity contribution in [1.29, 1.82) is 0 Å². The lowest BCUT2D eigenvalue weighted by Crippen LogP contribution is -2.42. The molecule has 7 nitrogen and oxygen atoms in total. The molecule has 1 amide bonds. The van der Waals surface area contributed by atoms with Crippen LogP contribution in [0, 0.1) is 0 Å². The third-order valence-corrected chi connectivity index (χ3v) is 3.09. The third kappa shape index (κ3) is 5.30. The van der Waals surface area contributed by atoms with Crippen LogP contribution in [0.25, 0.3) is 0 Å². The standard InChI is InChI=1S/C14H18N4O3S/c15-14(22)17-16-9-11-1-3-12(4-2-11)21-10-13(19)18-5-7-20-8-6-18/h1-4,9H,5-8,10H2,(H3,15,17,22)/b16-9-. The number of nitrogens with one attached hydrogen (secondary N) is 1. The number of morpholine rings is 1. The van der Waals surface area contributed by atoms with Crippen molar-refractivity contribution in [2.24, 2.45) is 10.8 Å². The molecule has 1 aromatic rings. The van der Waals surface area contributed by atoms with E-state index in [1.807, 2.05) is 12.1 Å². The van der Waals surface area contributed by atoms with Crippen LogP contribution in [0.15, 0.2) is 29.4 Å². The van der Waals surface area contributed by atoms with Gasteiger partial charge in [0.25, 0.3) is 5.91 Å². The number of nitrogens with two attached hydrogens (primary N) is 1. The molecule has 118 valence electrons. The normalized spacial score (nSPS) is 14.8. The summed E-state index contributed by atoms with van der Waals surface area (Å²) in [5.74, 6) is 0.593. The molecule has 0 spiro atoms. The van der Waals surface area contributed by atoms with E-state index >= 15 is 0 Å². The first-order valence-electron chi connectivity index (χ1n) is 6.82. The van der Waals surface area contributed by atoms with Gasteiger partial charge in [-0.05, 0) is 42.0 Å². The first kappa shape index (κ1) is 16.2. The van der Waals surface area contributed by atoms with Crippen LogP contribution in [-0.2, 0) is 9.53 Å². The second kappa shape index (κ2) is 8.30. The van der Waals surface area contributed by atoms with Gasteiger partial charge in [-0.1, -0.05) is 0 Å². The van der Waals surface area contributed by atoms with Crippen molar-refractivity contribution in [3.8, 4) is 5.75 Å². The van der Waals surface area contributed by atoms with E-state index in [1.165, 1.54) is 0 Å². The van der Waals surface area contributed by atoms with Gasteiger partial charge in [-0.15, -0.1) is 0 Å². The van der Waals surface area contributed by atoms with E-state index in [0.717, 1.165) is 5.56 Å². The van der Waals surface area contributed by atoms with Gasteiger partial charge in [0.2, 0.25) is 0 Å². The van der Waals surface area contributed by atoms with E-state index in [9.17, 15) is 4.79 Å². The molecule has 1 fully saturated rings. The number of hydrogen-bond acceptors (Lipinski definition) is 5. The summed E-state index contributed by atoms with van der Waals surface area (Å²) in [6.07, 6.45) is 1.59. The monoisotopic (exact) mass is 322 g/mol. The highest BCUT2D eigenvalue weighted by atomic mass is 32.1. The summed E-state index contributed by atoms with van der Waals surface area (Å²) >= 11 is 4.63. The Balaban J connectivity index is 1.79. The first-order valence-corrected chi connectivity index (χ1v) is 7.23. The third-order valence-electron chi connectivity index (χ3n) is 2.99. The Hall–Kier alpha value is -2.19. The second-order valence-corrected chi connectivity index (χ2v) is 5.02.